The molecule has 13 atom stereocenters. The van der Waals surface area contributed by atoms with Crippen LogP contribution in [0.5, 0.6) is 0 Å². The van der Waals surface area contributed by atoms with Crippen LogP contribution in [0.3, 0.4) is 0 Å². The lowest BCUT2D eigenvalue weighted by molar-refractivity contribution is -0.153. The number of hydrogen-bond acceptors (Lipinski definition) is 19. The third-order valence-corrected chi connectivity index (χ3v) is 30.5. The molecule has 1 aliphatic carbocycles. The van der Waals surface area contributed by atoms with Crippen LogP contribution in [-0.2, 0) is 116 Å². The molecule has 25 heteroatoms. The zero-order chi connectivity index (χ0) is 82.5. The average Bonchev–Trinajstić information content (AvgIpc) is 1.75. The molecule has 117 heavy (non-hydrogen) atoms. The van der Waals surface area contributed by atoms with E-state index in [1.54, 1.807) is 18.2 Å². The van der Waals surface area contributed by atoms with Crippen LogP contribution in [0.25, 0.3) is 0 Å². The Hall–Kier alpha value is -6.82. The zero-order valence-electron chi connectivity index (χ0n) is 68.5. The smallest absolute Gasteiger partial charge is 0.306 e. The van der Waals surface area contributed by atoms with Gasteiger partial charge in [-0.25, -0.2) is 25.3 Å². The van der Waals surface area contributed by atoms with Gasteiger partial charge in [0.1, 0.15) is 18.3 Å². The van der Waals surface area contributed by atoms with Crippen LogP contribution in [-0.4, -0.2) is 193 Å². The minimum absolute atomic E-state index is 0.0101. The van der Waals surface area contributed by atoms with Crippen molar-refractivity contribution in [2.45, 2.75) is 251 Å². The molecule has 0 radical (unpaired) electrons. The second-order valence-corrected chi connectivity index (χ2v) is 39.4. The number of rotatable bonds is 24. The number of esters is 3. The van der Waals surface area contributed by atoms with Crippen molar-refractivity contribution >= 4 is 48.0 Å². The van der Waals surface area contributed by atoms with Crippen molar-refractivity contribution in [1.82, 2.24) is 12.9 Å². The van der Waals surface area contributed by atoms with Crippen molar-refractivity contribution < 1.29 is 88.1 Å². The third kappa shape index (κ3) is 25.2. The number of aliphatic hydroxyl groups is 3. The predicted molar refractivity (Wildman–Crippen MR) is 445 cm³/mol. The maximum Gasteiger partial charge on any atom is 0.306 e. The summed E-state index contributed by atoms with van der Waals surface area (Å²) >= 11 is 0. The van der Waals surface area contributed by atoms with Crippen LogP contribution in [0, 0.1) is 50.4 Å². The van der Waals surface area contributed by atoms with Crippen molar-refractivity contribution in [2.75, 3.05) is 72.3 Å². The fourth-order valence-electron chi connectivity index (χ4n) is 18.0. The van der Waals surface area contributed by atoms with Gasteiger partial charge in [-0.3, -0.25) is 14.4 Å². The van der Waals surface area contributed by atoms with Gasteiger partial charge in [0.25, 0.3) is 0 Å². The summed E-state index contributed by atoms with van der Waals surface area (Å²) in [6.45, 7) is 9.38. The molecule has 5 fully saturated rings. The summed E-state index contributed by atoms with van der Waals surface area (Å²) in [5.74, 6) is -2.13. The molecule has 2 unspecified atom stereocenters. The number of aliphatic hydroxyl groups excluding tert-OH is 3. The summed E-state index contributed by atoms with van der Waals surface area (Å²) in [7, 11) is -11.5. The predicted octanol–water partition coefficient (Wildman–Crippen LogP) is 12.9. The van der Waals surface area contributed by atoms with Gasteiger partial charge < -0.3 is 48.5 Å². The number of carbonyl (C=O) groups excluding carboxylic acids is 3. The maximum absolute atomic E-state index is 13.9. The number of hydrogen-bond donors (Lipinski definition) is 3. The first-order valence-corrected chi connectivity index (χ1v) is 47.2. The molecule has 7 heterocycles. The van der Waals surface area contributed by atoms with Gasteiger partial charge in [0, 0.05) is 76.5 Å². The van der Waals surface area contributed by atoms with Gasteiger partial charge in [0.05, 0.1) is 90.7 Å². The van der Waals surface area contributed by atoms with Crippen LogP contribution in [0.15, 0.2) is 160 Å². The Balaban J connectivity index is 0.000000162. The van der Waals surface area contributed by atoms with E-state index in [9.17, 15) is 55.0 Å². The molecule has 0 amide bonds. The monoisotopic (exact) mass is 1670 g/mol. The SMILES string of the molecule is Cc1ccc2c(c1)CCCCCCN(C[C@@H](O)[C@@H](CC(=O)O[C@@H]1CC3CCO[C@@H]3C1)Cc1ccccc1)S2(=O)=O.Cc1ccc2c(c1)CCCCCCN(C[C@@H](O)[C@@H](CC(=O)O[C@H]1CCOC1)Cc1ccccc1)S2(=O)=O.Cc1ccc2c(c1)CCCCCCN(C[C@@H](O)[C@@H](CC(=O)O[C@H]1CO[C@H]3OCCC31)Cc1ccccc1)S2(=O)=O. The highest BCUT2D eigenvalue weighted by molar-refractivity contribution is 7.89. The van der Waals surface area contributed by atoms with Crippen molar-refractivity contribution in [2.24, 2.45) is 29.6 Å². The lowest BCUT2D eigenvalue weighted by atomic mass is 9.90. The normalized spacial score (nSPS) is 25.0. The number of aryl methyl sites for hydroxylation is 6. The summed E-state index contributed by atoms with van der Waals surface area (Å²) in [6.07, 6.45) is 14.5. The average molecular weight is 1670 g/mol. The van der Waals surface area contributed by atoms with E-state index < -0.39 is 72.1 Å². The maximum atomic E-state index is 13.9. The van der Waals surface area contributed by atoms with Gasteiger partial charge >= 0.3 is 17.9 Å². The Bertz CT molecular complexity index is 4520. The molecule has 7 aliphatic heterocycles. The Morgan fingerprint density at radius 2 is 0.803 bits per heavy atom. The molecular formula is C92H123N3O19S3. The number of nitrogens with zero attached hydrogens (tertiary/aromatic N) is 3. The largest absolute Gasteiger partial charge is 0.462 e. The second kappa shape index (κ2) is 43.1. The Kier molecular flexibility index (Phi) is 32.9. The Morgan fingerprint density at radius 1 is 0.419 bits per heavy atom. The number of β-amino-alcohol motifs (C(OH)–C–C–N with tert-alkyl or cyclic N) is 3. The lowest BCUT2D eigenvalue weighted by Crippen LogP contribution is -2.42. The highest BCUT2D eigenvalue weighted by atomic mass is 32.2. The summed E-state index contributed by atoms with van der Waals surface area (Å²) in [5.41, 5.74) is 8.56. The fourth-order valence-corrected chi connectivity index (χ4v) is 23.2. The van der Waals surface area contributed by atoms with E-state index in [4.69, 9.17) is 33.2 Å². The van der Waals surface area contributed by atoms with E-state index >= 15 is 0 Å². The van der Waals surface area contributed by atoms with Crippen molar-refractivity contribution in [3.63, 3.8) is 0 Å². The Morgan fingerprint density at radius 3 is 1.20 bits per heavy atom. The molecular weight excluding hydrogens is 1550 g/mol. The van der Waals surface area contributed by atoms with Gasteiger partial charge in [-0.1, -0.05) is 183 Å². The topological polar surface area (TPSA) is 289 Å². The summed E-state index contributed by atoms with van der Waals surface area (Å²) in [5, 5.41) is 34.5. The third-order valence-electron chi connectivity index (χ3n) is 24.6. The highest BCUT2D eigenvalue weighted by Crippen LogP contribution is 2.39. The fraction of sp³-hybridized carbons (Fsp3) is 0.576. The van der Waals surface area contributed by atoms with E-state index in [2.05, 4.69) is 0 Å². The highest BCUT2D eigenvalue weighted by Gasteiger charge is 2.46. The quantitative estimate of drug-likeness (QED) is 0.0375. The molecule has 6 aromatic rings. The standard InChI is InChI=1S/C32H43NO6S.C31H41NO7S.C29H39NO6S/c1-23-12-13-31-26(17-23)11-7-2-3-8-15-33(40(31,36)37)22-29(34)27(18-24-9-5-4-6-10-24)20-32(35)39-28-19-25-14-16-38-30(25)21-28;1-22-12-13-29-24(17-22)11-7-2-3-8-15-32(40(29,35)36)20-27(33)25(18-23-9-5-4-6-10-23)19-30(34)39-28-21-38-31-26(28)14-16-37-31;1-22-12-13-28-24(17-22)11-7-2-3-8-15-30(37(28,33)34)20-27(31)25(18-23-9-5-4-6-10-23)19-29(32)36-26-14-16-35-21-26/h4-6,9-10,12-13,17,25,27-30,34H,2-3,7-8,11,14-16,18-22H2,1H3;4-6,9-10,12-13,17,25-28,31,33H,2-3,7-8,11,14-16,18-21H2,1H3;4-6,9-10,12-13,17,25-27,31H,2-3,7-8,11,14-16,18-21H2,1H3/t25?,27-,28-,29-,30-;25-,26?,27-,28+,31-;25-,26+,27-/m111/s1. The van der Waals surface area contributed by atoms with Crippen LogP contribution in [0.4, 0.5) is 0 Å². The molecule has 1 saturated carbocycles. The number of ether oxygens (including phenoxy) is 7. The van der Waals surface area contributed by atoms with E-state index in [1.165, 1.54) is 12.9 Å². The van der Waals surface area contributed by atoms with Crippen molar-refractivity contribution in [3.05, 3.63) is 196 Å². The van der Waals surface area contributed by atoms with E-state index in [0.717, 1.165) is 172 Å². The molecule has 638 valence electrons. The molecule has 4 saturated heterocycles. The molecule has 3 N–H and O–H groups in total. The van der Waals surface area contributed by atoms with Crippen LogP contribution in [0.1, 0.15) is 178 Å². The Labute approximate surface area is 693 Å². The summed E-state index contributed by atoms with van der Waals surface area (Å²) < 4.78 is 127. The van der Waals surface area contributed by atoms with Gasteiger partial charge in [0.2, 0.25) is 30.1 Å². The van der Waals surface area contributed by atoms with Gasteiger partial charge in [0.15, 0.2) is 6.29 Å². The van der Waals surface area contributed by atoms with Gasteiger partial charge in [-0.2, -0.15) is 12.9 Å². The van der Waals surface area contributed by atoms with E-state index in [1.807, 2.05) is 148 Å². The summed E-state index contributed by atoms with van der Waals surface area (Å²) in [4.78, 5) is 40.0. The number of fused-ring (bicyclic) bond motifs is 5. The van der Waals surface area contributed by atoms with Crippen LogP contribution >= 0.6 is 0 Å². The first kappa shape index (κ1) is 89.4. The van der Waals surface area contributed by atoms with Gasteiger partial charge in [-0.15, -0.1) is 0 Å². The summed E-state index contributed by atoms with van der Waals surface area (Å²) in [6, 6.07) is 45.6. The van der Waals surface area contributed by atoms with Gasteiger partial charge in [-0.05, 0) is 175 Å². The second-order valence-electron chi connectivity index (χ2n) is 33.6. The molecule has 22 nitrogen and oxygen atoms in total. The number of benzene rings is 6. The molecule has 6 aromatic carbocycles. The lowest BCUT2D eigenvalue weighted by Gasteiger charge is -2.30. The minimum Gasteiger partial charge on any atom is -0.462 e. The zero-order valence-corrected chi connectivity index (χ0v) is 70.9. The van der Waals surface area contributed by atoms with Crippen LogP contribution in [0.2, 0.25) is 0 Å². The van der Waals surface area contributed by atoms with Crippen molar-refractivity contribution in [1.29, 1.82) is 0 Å². The molecule has 14 rings (SSSR count). The minimum atomic E-state index is -3.83. The molecule has 0 aromatic heterocycles. The van der Waals surface area contributed by atoms with Crippen LogP contribution < -0.4 is 0 Å². The number of carbonyl (C=O) groups is 3. The van der Waals surface area contributed by atoms with E-state index in [-0.39, 0.29) is 87.5 Å². The first-order chi connectivity index (χ1) is 56.4. The number of sulfonamides is 3. The van der Waals surface area contributed by atoms with E-state index in [0.29, 0.717) is 98.8 Å². The molecule has 0 spiro atoms. The first-order valence-electron chi connectivity index (χ1n) is 42.9. The molecule has 8 aliphatic rings. The molecule has 0 bridgehead atoms. The van der Waals surface area contributed by atoms with Crippen molar-refractivity contribution in [3.8, 4) is 0 Å².